The van der Waals surface area contributed by atoms with Crippen molar-refractivity contribution in [2.45, 2.75) is 59.4 Å². The summed E-state index contributed by atoms with van der Waals surface area (Å²) in [4.78, 5) is 0. The largest absolute Gasteiger partial charge is 0.492 e. The molecule has 2 unspecified atom stereocenters. The summed E-state index contributed by atoms with van der Waals surface area (Å²) in [6.07, 6.45) is 1.29. The molecular formula is C13H26O3. The van der Waals surface area contributed by atoms with E-state index in [0.29, 0.717) is 5.92 Å². The fourth-order valence-corrected chi connectivity index (χ4v) is 1.73. The molecule has 0 aromatic carbocycles. The van der Waals surface area contributed by atoms with Crippen molar-refractivity contribution in [2.75, 3.05) is 7.11 Å². The zero-order valence-corrected chi connectivity index (χ0v) is 11.6. The first kappa shape index (κ1) is 15.5. The van der Waals surface area contributed by atoms with E-state index < -0.39 is 5.60 Å². The third kappa shape index (κ3) is 3.49. The lowest BCUT2D eigenvalue weighted by atomic mass is 9.90. The van der Waals surface area contributed by atoms with Crippen LogP contribution in [-0.4, -0.2) is 30.0 Å². The summed E-state index contributed by atoms with van der Waals surface area (Å²) in [5.41, 5.74) is 0.230. The topological polar surface area (TPSA) is 38.7 Å². The minimum absolute atomic E-state index is 0.130. The normalized spacial score (nSPS) is 24.7. The van der Waals surface area contributed by atoms with Crippen LogP contribution in [0, 0.1) is 5.92 Å². The molecule has 1 heterocycles. The summed E-state index contributed by atoms with van der Waals surface area (Å²) >= 11 is 0. The van der Waals surface area contributed by atoms with E-state index >= 15 is 0 Å². The molecule has 1 aliphatic rings. The first-order chi connectivity index (χ1) is 7.38. The van der Waals surface area contributed by atoms with E-state index in [1.54, 1.807) is 27.2 Å². The molecule has 0 amide bonds. The fraction of sp³-hybridized carbons (Fsp3) is 0.846. The second kappa shape index (κ2) is 6.26. The van der Waals surface area contributed by atoms with Gasteiger partial charge in [0.2, 0.25) is 0 Å². The van der Waals surface area contributed by atoms with Gasteiger partial charge in [0.1, 0.15) is 6.10 Å². The van der Waals surface area contributed by atoms with Crippen LogP contribution in [0.4, 0.5) is 0 Å². The highest BCUT2D eigenvalue weighted by Crippen LogP contribution is 2.32. The third-order valence-corrected chi connectivity index (χ3v) is 2.57. The quantitative estimate of drug-likeness (QED) is 0.810. The number of aliphatic hydroxyl groups is 1. The molecule has 1 rings (SSSR count). The highest BCUT2D eigenvalue weighted by atomic mass is 16.6. The summed E-state index contributed by atoms with van der Waals surface area (Å²) in [5, 5.41) is 9.88. The maximum atomic E-state index is 9.88. The molecule has 3 heteroatoms. The fourth-order valence-electron chi connectivity index (χ4n) is 1.73. The van der Waals surface area contributed by atoms with Crippen LogP contribution < -0.4 is 0 Å². The Morgan fingerprint density at radius 1 is 1.38 bits per heavy atom. The molecule has 3 nitrogen and oxygen atoms in total. The Morgan fingerprint density at radius 2 is 1.88 bits per heavy atom. The van der Waals surface area contributed by atoms with Gasteiger partial charge in [0.15, 0.2) is 6.10 Å². The Balaban J connectivity index is 0.00000106. The Morgan fingerprint density at radius 3 is 2.19 bits per heavy atom. The molecule has 0 saturated carbocycles. The molecular weight excluding hydrogens is 204 g/mol. The van der Waals surface area contributed by atoms with E-state index in [2.05, 4.69) is 13.8 Å². The van der Waals surface area contributed by atoms with E-state index in [-0.39, 0.29) is 12.2 Å². The smallest absolute Gasteiger partial charge is 0.156 e. The average molecular weight is 230 g/mol. The van der Waals surface area contributed by atoms with Crippen LogP contribution in [0.3, 0.4) is 0 Å². The van der Waals surface area contributed by atoms with E-state index in [1.807, 2.05) is 13.8 Å². The van der Waals surface area contributed by atoms with Gasteiger partial charge in [-0.1, -0.05) is 27.7 Å². The number of hydrogen-bond acceptors (Lipinski definition) is 3. The Labute approximate surface area is 99.5 Å². The molecule has 96 valence electrons. The monoisotopic (exact) mass is 230 g/mol. The minimum Gasteiger partial charge on any atom is -0.492 e. The molecule has 16 heavy (non-hydrogen) atoms. The molecule has 0 aromatic heterocycles. The lowest BCUT2D eigenvalue weighted by molar-refractivity contribution is -0.0945. The van der Waals surface area contributed by atoms with Gasteiger partial charge in [0, 0.05) is 7.11 Å². The van der Waals surface area contributed by atoms with E-state index in [1.165, 1.54) is 0 Å². The van der Waals surface area contributed by atoms with Gasteiger partial charge in [-0.25, -0.2) is 0 Å². The van der Waals surface area contributed by atoms with Gasteiger partial charge < -0.3 is 14.6 Å². The summed E-state index contributed by atoms with van der Waals surface area (Å²) in [6, 6.07) is 0. The van der Waals surface area contributed by atoms with Gasteiger partial charge in [0.25, 0.3) is 0 Å². The van der Waals surface area contributed by atoms with E-state index in [9.17, 15) is 5.11 Å². The summed E-state index contributed by atoms with van der Waals surface area (Å²) in [6.45, 7) is 11.7. The van der Waals surface area contributed by atoms with Gasteiger partial charge in [0.05, 0.1) is 11.9 Å². The first-order valence-corrected chi connectivity index (χ1v) is 5.98. The lowest BCUT2D eigenvalue weighted by Gasteiger charge is -2.30. The molecule has 0 spiro atoms. The maximum Gasteiger partial charge on any atom is 0.156 e. The predicted octanol–water partition coefficient (Wildman–Crippen LogP) is 2.74. The third-order valence-electron chi connectivity index (χ3n) is 2.57. The average Bonchev–Trinajstić information content (AvgIpc) is 2.63. The lowest BCUT2D eigenvalue weighted by Crippen LogP contribution is -2.44. The van der Waals surface area contributed by atoms with Crippen LogP contribution in [0.25, 0.3) is 0 Å². The molecule has 0 aromatic rings. The molecule has 0 fully saturated rings. The van der Waals surface area contributed by atoms with Crippen molar-refractivity contribution in [1.82, 2.24) is 0 Å². The second-order valence-corrected chi connectivity index (χ2v) is 4.64. The van der Waals surface area contributed by atoms with Gasteiger partial charge in [-0.3, -0.25) is 0 Å². The Bertz CT molecular complexity index is 226. The Kier molecular flexibility index (Phi) is 6.05. The van der Waals surface area contributed by atoms with Crippen molar-refractivity contribution in [3.8, 4) is 0 Å². The summed E-state index contributed by atoms with van der Waals surface area (Å²) in [7, 11) is 1.65. The number of ether oxygens (including phenoxy) is 2. The molecule has 0 radical (unpaired) electrons. The van der Waals surface area contributed by atoms with Gasteiger partial charge in [-0.05, 0) is 25.3 Å². The van der Waals surface area contributed by atoms with Gasteiger partial charge in [-0.15, -0.1) is 0 Å². The maximum absolute atomic E-state index is 9.88. The van der Waals surface area contributed by atoms with Crippen LogP contribution in [0.2, 0.25) is 0 Å². The molecule has 1 aliphatic heterocycles. The van der Waals surface area contributed by atoms with Crippen molar-refractivity contribution in [3.63, 3.8) is 0 Å². The summed E-state index contributed by atoms with van der Waals surface area (Å²) in [5.74, 6) is 0.382. The van der Waals surface area contributed by atoms with Crippen molar-refractivity contribution < 1.29 is 14.6 Å². The van der Waals surface area contributed by atoms with Crippen molar-refractivity contribution in [2.24, 2.45) is 5.92 Å². The second-order valence-electron chi connectivity index (χ2n) is 4.64. The SMILES string of the molecule is CC.COC1C(C(C)C)=COC1C(C)(C)O. The predicted molar refractivity (Wildman–Crippen MR) is 66.2 cm³/mol. The zero-order valence-electron chi connectivity index (χ0n) is 11.6. The van der Waals surface area contributed by atoms with Crippen molar-refractivity contribution >= 4 is 0 Å². The highest BCUT2D eigenvalue weighted by molar-refractivity contribution is 5.18. The molecule has 2 atom stereocenters. The zero-order chi connectivity index (χ0) is 12.9. The van der Waals surface area contributed by atoms with Crippen molar-refractivity contribution in [3.05, 3.63) is 11.8 Å². The molecule has 1 N–H and O–H groups in total. The van der Waals surface area contributed by atoms with Crippen LogP contribution in [0.15, 0.2) is 11.8 Å². The van der Waals surface area contributed by atoms with Crippen LogP contribution in [-0.2, 0) is 9.47 Å². The standard InChI is InChI=1S/C11H20O3.C2H6/c1-7(2)8-6-14-10(9(8)13-5)11(3,4)12;1-2/h6-7,9-10,12H,1-5H3;1-2H3. The van der Waals surface area contributed by atoms with E-state index in [4.69, 9.17) is 9.47 Å². The molecule has 0 bridgehead atoms. The minimum atomic E-state index is -0.881. The van der Waals surface area contributed by atoms with Crippen LogP contribution >= 0.6 is 0 Å². The summed E-state index contributed by atoms with van der Waals surface area (Å²) < 4.78 is 10.8. The number of methoxy groups -OCH3 is 1. The molecule has 0 saturated heterocycles. The van der Waals surface area contributed by atoms with Gasteiger partial charge >= 0.3 is 0 Å². The Hall–Kier alpha value is -0.540. The van der Waals surface area contributed by atoms with Crippen LogP contribution in [0.5, 0.6) is 0 Å². The number of hydrogen-bond donors (Lipinski definition) is 1. The van der Waals surface area contributed by atoms with E-state index in [0.717, 1.165) is 5.57 Å². The molecule has 0 aliphatic carbocycles. The first-order valence-electron chi connectivity index (χ1n) is 5.98. The van der Waals surface area contributed by atoms with Crippen molar-refractivity contribution in [1.29, 1.82) is 0 Å². The number of rotatable bonds is 3. The highest BCUT2D eigenvalue weighted by Gasteiger charge is 2.42. The van der Waals surface area contributed by atoms with Gasteiger partial charge in [-0.2, -0.15) is 0 Å². The van der Waals surface area contributed by atoms with Crippen LogP contribution in [0.1, 0.15) is 41.5 Å².